The molecule has 102 valence electrons. The summed E-state index contributed by atoms with van der Waals surface area (Å²) in [6.45, 7) is -0.279. The van der Waals surface area contributed by atoms with Crippen LogP contribution in [0.25, 0.3) is 0 Å². The van der Waals surface area contributed by atoms with E-state index in [-0.39, 0.29) is 24.3 Å². The summed E-state index contributed by atoms with van der Waals surface area (Å²) in [7, 11) is 1.50. The number of carboxylic acids is 1. The molecule has 0 bridgehead atoms. The van der Waals surface area contributed by atoms with E-state index in [9.17, 15) is 9.59 Å². The highest BCUT2D eigenvalue weighted by Gasteiger charge is 2.45. The Morgan fingerprint density at radius 3 is 2.42 bits per heavy atom. The Morgan fingerprint density at radius 1 is 1.32 bits per heavy atom. The average molecular weight is 302 g/mol. The molecule has 1 N–H and O–H groups in total. The standard InChI is InChI=1S/C13H13Cl2NO3/c1-16(6-12(17)18)13(19)11-5-10(11)7-2-8(14)4-9(15)3-7/h2-4,10-11H,5-6H2,1H3,(H,17,18). The molecule has 2 atom stereocenters. The highest BCUT2D eigenvalue weighted by molar-refractivity contribution is 6.34. The lowest BCUT2D eigenvalue weighted by molar-refractivity contribution is -0.144. The van der Waals surface area contributed by atoms with Gasteiger partial charge in [0.1, 0.15) is 6.54 Å². The van der Waals surface area contributed by atoms with Gasteiger partial charge in [-0.15, -0.1) is 0 Å². The van der Waals surface area contributed by atoms with E-state index >= 15 is 0 Å². The number of carboxylic acid groups (broad SMARTS) is 1. The van der Waals surface area contributed by atoms with E-state index in [1.54, 1.807) is 18.2 Å². The van der Waals surface area contributed by atoms with Crippen LogP contribution in [0, 0.1) is 5.92 Å². The molecule has 1 fully saturated rings. The minimum atomic E-state index is -1.01. The molecule has 19 heavy (non-hydrogen) atoms. The van der Waals surface area contributed by atoms with Crippen molar-refractivity contribution in [1.29, 1.82) is 0 Å². The molecule has 1 amide bonds. The molecule has 0 aromatic heterocycles. The molecule has 0 aliphatic heterocycles. The summed E-state index contributed by atoms with van der Waals surface area (Å²) in [4.78, 5) is 23.8. The van der Waals surface area contributed by atoms with E-state index in [4.69, 9.17) is 28.3 Å². The van der Waals surface area contributed by atoms with Crippen LogP contribution in [0.5, 0.6) is 0 Å². The highest BCUT2D eigenvalue weighted by atomic mass is 35.5. The first-order valence-corrected chi connectivity index (χ1v) is 6.57. The van der Waals surface area contributed by atoms with Crippen LogP contribution >= 0.6 is 23.2 Å². The Bertz CT molecular complexity index is 512. The van der Waals surface area contributed by atoms with Crippen molar-refractivity contribution in [1.82, 2.24) is 4.90 Å². The van der Waals surface area contributed by atoms with Gasteiger partial charge in [-0.25, -0.2) is 0 Å². The smallest absolute Gasteiger partial charge is 0.323 e. The van der Waals surface area contributed by atoms with Crippen LogP contribution in [0.15, 0.2) is 18.2 Å². The lowest BCUT2D eigenvalue weighted by atomic mass is 10.1. The number of halogens is 2. The number of nitrogens with zero attached hydrogens (tertiary/aromatic N) is 1. The van der Waals surface area contributed by atoms with Gasteiger partial charge in [0.05, 0.1) is 0 Å². The Morgan fingerprint density at radius 2 is 1.89 bits per heavy atom. The van der Waals surface area contributed by atoms with E-state index in [2.05, 4.69) is 0 Å². The second kappa shape index (κ2) is 5.39. The Kier molecular flexibility index (Phi) is 4.02. The van der Waals surface area contributed by atoms with Crippen molar-refractivity contribution in [2.24, 2.45) is 5.92 Å². The van der Waals surface area contributed by atoms with Gasteiger partial charge in [-0.1, -0.05) is 23.2 Å². The highest BCUT2D eigenvalue weighted by Crippen LogP contribution is 2.49. The van der Waals surface area contributed by atoms with Gasteiger partial charge < -0.3 is 10.0 Å². The normalized spacial score (nSPS) is 21.0. The third-order valence-electron chi connectivity index (χ3n) is 3.17. The lowest BCUT2D eigenvalue weighted by Gasteiger charge is -2.14. The van der Waals surface area contributed by atoms with Gasteiger partial charge in [-0.3, -0.25) is 9.59 Å². The van der Waals surface area contributed by atoms with Crippen molar-refractivity contribution in [3.05, 3.63) is 33.8 Å². The van der Waals surface area contributed by atoms with Gasteiger partial charge in [0.25, 0.3) is 0 Å². The van der Waals surface area contributed by atoms with E-state index in [1.807, 2.05) is 0 Å². The van der Waals surface area contributed by atoms with Crippen LogP contribution in [-0.4, -0.2) is 35.5 Å². The third-order valence-corrected chi connectivity index (χ3v) is 3.61. The van der Waals surface area contributed by atoms with E-state index in [0.29, 0.717) is 16.5 Å². The second-order valence-corrected chi connectivity index (χ2v) is 5.61. The molecule has 1 aromatic rings. The summed E-state index contributed by atoms with van der Waals surface area (Å²) in [5.74, 6) is -1.25. The number of hydrogen-bond acceptors (Lipinski definition) is 2. The molecule has 0 spiro atoms. The minimum Gasteiger partial charge on any atom is -0.480 e. The van der Waals surface area contributed by atoms with Crippen molar-refractivity contribution in [3.8, 4) is 0 Å². The van der Waals surface area contributed by atoms with Gasteiger partial charge >= 0.3 is 5.97 Å². The van der Waals surface area contributed by atoms with Crippen LogP contribution in [0.2, 0.25) is 10.0 Å². The maximum Gasteiger partial charge on any atom is 0.323 e. The first-order chi connectivity index (χ1) is 8.88. The van der Waals surface area contributed by atoms with Gasteiger partial charge in [0, 0.05) is 23.0 Å². The molecule has 0 saturated heterocycles. The molecule has 1 aliphatic rings. The average Bonchev–Trinajstić information content (AvgIpc) is 3.05. The molecule has 1 aliphatic carbocycles. The van der Waals surface area contributed by atoms with Crippen molar-refractivity contribution in [3.63, 3.8) is 0 Å². The topological polar surface area (TPSA) is 57.6 Å². The van der Waals surface area contributed by atoms with E-state index in [0.717, 1.165) is 5.56 Å². The zero-order valence-electron chi connectivity index (χ0n) is 10.3. The zero-order valence-corrected chi connectivity index (χ0v) is 11.8. The summed E-state index contributed by atoms with van der Waals surface area (Å²) in [5, 5.41) is 9.74. The van der Waals surface area contributed by atoms with Crippen molar-refractivity contribution in [2.75, 3.05) is 13.6 Å². The van der Waals surface area contributed by atoms with Gasteiger partial charge in [-0.2, -0.15) is 0 Å². The van der Waals surface area contributed by atoms with Crippen molar-refractivity contribution in [2.45, 2.75) is 12.3 Å². The maximum absolute atomic E-state index is 12.0. The number of aliphatic carboxylic acids is 1. The Labute approximate surface area is 120 Å². The molecule has 0 radical (unpaired) electrons. The molecule has 1 aromatic carbocycles. The molecular formula is C13H13Cl2NO3. The van der Waals surface area contributed by atoms with Gasteiger partial charge in [0.15, 0.2) is 0 Å². The third kappa shape index (κ3) is 3.39. The molecule has 6 heteroatoms. The lowest BCUT2D eigenvalue weighted by Crippen LogP contribution is -2.33. The minimum absolute atomic E-state index is 0.0833. The summed E-state index contributed by atoms with van der Waals surface area (Å²) in [5.41, 5.74) is 0.930. The van der Waals surface area contributed by atoms with Crippen LogP contribution in [0.4, 0.5) is 0 Å². The number of benzene rings is 1. The summed E-state index contributed by atoms with van der Waals surface area (Å²) < 4.78 is 0. The second-order valence-electron chi connectivity index (χ2n) is 4.74. The maximum atomic E-state index is 12.0. The first kappa shape index (κ1) is 14.2. The number of rotatable bonds is 4. The number of carbonyl (C=O) groups is 2. The summed E-state index contributed by atoms with van der Waals surface area (Å²) in [6, 6.07) is 5.23. The van der Waals surface area contributed by atoms with Crippen LogP contribution in [0.3, 0.4) is 0 Å². The van der Waals surface area contributed by atoms with E-state index in [1.165, 1.54) is 11.9 Å². The predicted octanol–water partition coefficient (Wildman–Crippen LogP) is 2.64. The van der Waals surface area contributed by atoms with Crippen molar-refractivity contribution >= 4 is 35.1 Å². The molecule has 2 rings (SSSR count). The van der Waals surface area contributed by atoms with Crippen LogP contribution in [0.1, 0.15) is 17.9 Å². The molecule has 1 saturated carbocycles. The number of carbonyl (C=O) groups excluding carboxylic acids is 1. The molecular weight excluding hydrogens is 289 g/mol. The molecule has 4 nitrogen and oxygen atoms in total. The Hall–Kier alpha value is -1.26. The zero-order chi connectivity index (χ0) is 14.2. The van der Waals surface area contributed by atoms with E-state index < -0.39 is 5.97 Å². The monoisotopic (exact) mass is 301 g/mol. The predicted molar refractivity (Wildman–Crippen MR) is 72.6 cm³/mol. The van der Waals surface area contributed by atoms with Gasteiger partial charge in [0.2, 0.25) is 5.91 Å². The summed E-state index contributed by atoms with van der Waals surface area (Å²) >= 11 is 11.8. The fraction of sp³-hybridized carbons (Fsp3) is 0.385. The fourth-order valence-corrected chi connectivity index (χ4v) is 2.73. The van der Waals surface area contributed by atoms with Crippen LogP contribution in [-0.2, 0) is 9.59 Å². The Balaban J connectivity index is 2.04. The van der Waals surface area contributed by atoms with Crippen LogP contribution < -0.4 is 0 Å². The first-order valence-electron chi connectivity index (χ1n) is 5.81. The quantitative estimate of drug-likeness (QED) is 0.930. The number of hydrogen-bond donors (Lipinski definition) is 1. The van der Waals surface area contributed by atoms with Gasteiger partial charge in [-0.05, 0) is 36.1 Å². The molecule has 0 heterocycles. The number of likely N-dealkylation sites (N-methyl/N-ethyl adjacent to an activating group) is 1. The largest absolute Gasteiger partial charge is 0.480 e. The SMILES string of the molecule is CN(CC(=O)O)C(=O)C1CC1c1cc(Cl)cc(Cl)c1. The van der Waals surface area contributed by atoms with Crippen molar-refractivity contribution < 1.29 is 14.7 Å². The molecule has 2 unspecified atom stereocenters. The number of amides is 1. The fourth-order valence-electron chi connectivity index (χ4n) is 2.19. The summed E-state index contributed by atoms with van der Waals surface area (Å²) in [6.07, 6.45) is 0.708.